The maximum absolute atomic E-state index is 6.41. The Hall–Kier alpha value is -0.310. The van der Waals surface area contributed by atoms with Gasteiger partial charge in [-0.1, -0.05) is 74.7 Å². The standard InChI is InChI=1S/C17H17Br2Cl/c1-3-12-4-6-13(7-5-12)8-14-9-16(19)15(11(2)18)10-17(14)20/h4-7,9-11H,3,8H2,1-2H3. The monoisotopic (exact) mass is 414 g/mol. The molecule has 3 heteroatoms. The highest BCUT2D eigenvalue weighted by molar-refractivity contribution is 9.11. The molecule has 0 N–H and O–H groups in total. The Morgan fingerprint density at radius 3 is 2.25 bits per heavy atom. The van der Waals surface area contributed by atoms with Gasteiger partial charge in [-0.15, -0.1) is 0 Å². The molecule has 0 aliphatic rings. The van der Waals surface area contributed by atoms with E-state index in [-0.39, 0.29) is 4.83 Å². The maximum atomic E-state index is 6.41. The first-order valence-corrected chi connectivity index (χ1v) is 8.79. The predicted molar refractivity (Wildman–Crippen MR) is 95.1 cm³/mol. The van der Waals surface area contributed by atoms with Gasteiger partial charge in [-0.25, -0.2) is 0 Å². The van der Waals surface area contributed by atoms with E-state index in [0.29, 0.717) is 0 Å². The maximum Gasteiger partial charge on any atom is 0.0445 e. The topological polar surface area (TPSA) is 0 Å². The Kier molecular flexibility index (Phi) is 5.71. The van der Waals surface area contributed by atoms with Crippen molar-refractivity contribution in [3.63, 3.8) is 0 Å². The lowest BCUT2D eigenvalue weighted by molar-refractivity contribution is 1.09. The average molecular weight is 417 g/mol. The van der Waals surface area contributed by atoms with Crippen molar-refractivity contribution in [2.75, 3.05) is 0 Å². The minimum atomic E-state index is 0.285. The van der Waals surface area contributed by atoms with Crippen LogP contribution in [0.25, 0.3) is 0 Å². The molecule has 0 nitrogen and oxygen atoms in total. The van der Waals surface area contributed by atoms with Crippen molar-refractivity contribution in [3.8, 4) is 0 Å². The van der Waals surface area contributed by atoms with Gasteiger partial charge >= 0.3 is 0 Å². The van der Waals surface area contributed by atoms with Gasteiger partial charge in [0.15, 0.2) is 0 Å². The van der Waals surface area contributed by atoms with Gasteiger partial charge in [0.1, 0.15) is 0 Å². The number of hydrogen-bond donors (Lipinski definition) is 0. The molecule has 0 heterocycles. The number of rotatable bonds is 4. The predicted octanol–water partition coefficient (Wildman–Crippen LogP) is 6.71. The quantitative estimate of drug-likeness (QED) is 0.486. The van der Waals surface area contributed by atoms with E-state index in [1.165, 1.54) is 16.7 Å². The summed E-state index contributed by atoms with van der Waals surface area (Å²) in [5.74, 6) is 0. The molecule has 0 aliphatic carbocycles. The van der Waals surface area contributed by atoms with Crippen LogP contribution >= 0.6 is 43.5 Å². The number of benzene rings is 2. The lowest BCUT2D eigenvalue weighted by Crippen LogP contribution is -1.94. The van der Waals surface area contributed by atoms with E-state index in [9.17, 15) is 0 Å². The third-order valence-electron chi connectivity index (χ3n) is 3.42. The molecule has 0 bridgehead atoms. The summed E-state index contributed by atoms with van der Waals surface area (Å²) < 4.78 is 1.10. The van der Waals surface area contributed by atoms with Crippen LogP contribution < -0.4 is 0 Å². The van der Waals surface area contributed by atoms with Crippen LogP contribution in [0.4, 0.5) is 0 Å². The zero-order chi connectivity index (χ0) is 14.7. The first-order chi connectivity index (χ1) is 9.51. The fraction of sp³-hybridized carbons (Fsp3) is 0.294. The fourth-order valence-corrected chi connectivity index (χ4v) is 3.82. The zero-order valence-corrected chi connectivity index (χ0v) is 15.5. The number of alkyl halides is 1. The Morgan fingerprint density at radius 1 is 1.10 bits per heavy atom. The van der Waals surface area contributed by atoms with E-state index >= 15 is 0 Å². The molecule has 1 atom stereocenters. The second-order valence-electron chi connectivity index (χ2n) is 4.93. The molecule has 0 saturated heterocycles. The summed E-state index contributed by atoms with van der Waals surface area (Å²) in [7, 11) is 0. The van der Waals surface area contributed by atoms with Crippen molar-refractivity contribution in [2.24, 2.45) is 0 Å². The highest BCUT2D eigenvalue weighted by atomic mass is 79.9. The van der Waals surface area contributed by atoms with Crippen molar-refractivity contribution in [2.45, 2.75) is 31.5 Å². The van der Waals surface area contributed by atoms with Crippen LogP contribution in [-0.2, 0) is 12.8 Å². The second kappa shape index (κ2) is 7.11. The number of hydrogen-bond acceptors (Lipinski definition) is 0. The minimum Gasteiger partial charge on any atom is -0.0841 e. The van der Waals surface area contributed by atoms with Gasteiger partial charge in [-0.2, -0.15) is 0 Å². The van der Waals surface area contributed by atoms with E-state index < -0.39 is 0 Å². The van der Waals surface area contributed by atoms with Crippen LogP contribution in [0.5, 0.6) is 0 Å². The normalized spacial score (nSPS) is 12.4. The molecule has 0 amide bonds. The van der Waals surface area contributed by atoms with Crippen LogP contribution in [0.3, 0.4) is 0 Å². The number of aryl methyl sites for hydroxylation is 1. The van der Waals surface area contributed by atoms with Gasteiger partial charge in [0, 0.05) is 14.3 Å². The fourth-order valence-electron chi connectivity index (χ4n) is 2.16. The molecule has 1 unspecified atom stereocenters. The number of halogens is 3. The van der Waals surface area contributed by atoms with Gasteiger partial charge in [0.25, 0.3) is 0 Å². The molecule has 0 radical (unpaired) electrons. The molecule has 0 aliphatic heterocycles. The molecule has 0 saturated carbocycles. The molecule has 2 aromatic rings. The molecular formula is C17H17Br2Cl. The van der Waals surface area contributed by atoms with Gasteiger partial charge in [0.05, 0.1) is 0 Å². The lowest BCUT2D eigenvalue weighted by Gasteiger charge is -2.12. The van der Waals surface area contributed by atoms with Crippen molar-refractivity contribution < 1.29 is 0 Å². The van der Waals surface area contributed by atoms with Crippen LogP contribution in [0.2, 0.25) is 5.02 Å². The molecule has 2 aromatic carbocycles. The molecule has 0 spiro atoms. The summed E-state index contributed by atoms with van der Waals surface area (Å²) >= 11 is 13.6. The smallest absolute Gasteiger partial charge is 0.0445 e. The lowest BCUT2D eigenvalue weighted by atomic mass is 10.0. The molecule has 0 aromatic heterocycles. The highest BCUT2D eigenvalue weighted by Crippen LogP contribution is 2.34. The van der Waals surface area contributed by atoms with Crippen LogP contribution in [0, 0.1) is 0 Å². The van der Waals surface area contributed by atoms with Crippen LogP contribution in [0.1, 0.15) is 40.9 Å². The Morgan fingerprint density at radius 2 is 1.70 bits per heavy atom. The molecule has 2 rings (SSSR count). The largest absolute Gasteiger partial charge is 0.0841 e. The van der Waals surface area contributed by atoms with E-state index in [1.54, 1.807) is 0 Å². The van der Waals surface area contributed by atoms with E-state index in [4.69, 9.17) is 11.6 Å². The van der Waals surface area contributed by atoms with Crippen molar-refractivity contribution in [3.05, 3.63) is 68.1 Å². The van der Waals surface area contributed by atoms with Gasteiger partial charge < -0.3 is 0 Å². The molecule has 20 heavy (non-hydrogen) atoms. The summed E-state index contributed by atoms with van der Waals surface area (Å²) in [6.07, 6.45) is 1.93. The van der Waals surface area contributed by atoms with E-state index in [0.717, 1.165) is 27.9 Å². The van der Waals surface area contributed by atoms with Crippen LogP contribution in [0.15, 0.2) is 40.9 Å². The van der Waals surface area contributed by atoms with Crippen molar-refractivity contribution in [1.82, 2.24) is 0 Å². The Bertz CT molecular complexity index is 589. The molecule has 106 valence electrons. The zero-order valence-electron chi connectivity index (χ0n) is 11.6. The third kappa shape index (κ3) is 3.87. The third-order valence-corrected chi connectivity index (χ3v) is 4.95. The van der Waals surface area contributed by atoms with Gasteiger partial charge in [-0.3, -0.25) is 0 Å². The van der Waals surface area contributed by atoms with Crippen molar-refractivity contribution in [1.29, 1.82) is 0 Å². The summed E-state index contributed by atoms with van der Waals surface area (Å²) in [6, 6.07) is 12.9. The molecule has 0 fully saturated rings. The summed E-state index contributed by atoms with van der Waals surface area (Å²) in [5.41, 5.74) is 4.99. The molecular weight excluding hydrogens is 399 g/mol. The summed E-state index contributed by atoms with van der Waals surface area (Å²) in [4.78, 5) is 0.285. The second-order valence-corrected chi connectivity index (χ2v) is 7.56. The van der Waals surface area contributed by atoms with Crippen LogP contribution in [-0.4, -0.2) is 0 Å². The first kappa shape index (κ1) is 16.1. The van der Waals surface area contributed by atoms with E-state index in [1.807, 2.05) is 6.07 Å². The van der Waals surface area contributed by atoms with E-state index in [2.05, 4.69) is 76.0 Å². The Balaban J connectivity index is 2.26. The highest BCUT2D eigenvalue weighted by Gasteiger charge is 2.11. The first-order valence-electron chi connectivity index (χ1n) is 6.71. The Labute approximate surface area is 142 Å². The van der Waals surface area contributed by atoms with Gasteiger partial charge in [-0.05, 0) is 54.2 Å². The van der Waals surface area contributed by atoms with Gasteiger partial charge in [0.2, 0.25) is 0 Å². The SMILES string of the molecule is CCc1ccc(Cc2cc(Br)c(C(C)Br)cc2Cl)cc1. The summed E-state index contributed by atoms with van der Waals surface area (Å²) in [6.45, 7) is 4.27. The minimum absolute atomic E-state index is 0.285. The van der Waals surface area contributed by atoms with Crippen molar-refractivity contribution >= 4 is 43.5 Å². The summed E-state index contributed by atoms with van der Waals surface area (Å²) in [5, 5.41) is 0.828. The average Bonchev–Trinajstić information content (AvgIpc) is 2.43.